The number of benzene rings is 1. The number of nitrogens with zero attached hydrogens (tertiary/aromatic N) is 3. The van der Waals surface area contributed by atoms with Gasteiger partial charge in [-0.05, 0) is 30.4 Å². The van der Waals surface area contributed by atoms with E-state index in [9.17, 15) is 14.4 Å². The van der Waals surface area contributed by atoms with Crippen molar-refractivity contribution in [2.24, 2.45) is 7.05 Å². The fourth-order valence-electron chi connectivity index (χ4n) is 4.55. The van der Waals surface area contributed by atoms with Crippen LogP contribution in [0.3, 0.4) is 0 Å². The molecule has 1 aliphatic heterocycles. The number of ether oxygens (including phenoxy) is 1. The van der Waals surface area contributed by atoms with Gasteiger partial charge >= 0.3 is 12.0 Å². The summed E-state index contributed by atoms with van der Waals surface area (Å²) in [6.07, 6.45) is 3.01. The Morgan fingerprint density at radius 3 is 2.74 bits per heavy atom. The monoisotopic (exact) mass is 496 g/mol. The Balaban J connectivity index is 1.55. The fourth-order valence-corrected chi connectivity index (χ4v) is 6.90. The number of methoxy groups -OCH3 is 1. The zero-order valence-corrected chi connectivity index (χ0v) is 20.7. The summed E-state index contributed by atoms with van der Waals surface area (Å²) in [6, 6.07) is 8.36. The molecule has 10 heteroatoms. The number of fused-ring (bicyclic) bond motifs is 3. The molecule has 3 heterocycles. The summed E-state index contributed by atoms with van der Waals surface area (Å²) < 4.78 is 6.65. The molecule has 0 saturated heterocycles. The van der Waals surface area contributed by atoms with Crippen molar-refractivity contribution in [3.05, 3.63) is 68.0 Å². The molecule has 1 aliphatic carbocycles. The Kier molecular flexibility index (Phi) is 5.95. The fraction of sp³-hybridized carbons (Fsp3) is 0.333. The number of hydrogen-bond donors (Lipinski definition) is 1. The van der Waals surface area contributed by atoms with Gasteiger partial charge in [-0.25, -0.2) is 14.6 Å². The average Bonchev–Trinajstić information content (AvgIpc) is 3.43. The van der Waals surface area contributed by atoms with E-state index in [2.05, 4.69) is 5.32 Å². The number of esters is 1. The van der Waals surface area contributed by atoms with Crippen molar-refractivity contribution in [3.8, 4) is 0 Å². The van der Waals surface area contributed by atoms with Crippen molar-refractivity contribution in [2.45, 2.75) is 30.5 Å². The highest BCUT2D eigenvalue weighted by Crippen LogP contribution is 2.37. The molecule has 0 radical (unpaired) electrons. The van der Waals surface area contributed by atoms with E-state index in [0.717, 1.165) is 40.6 Å². The molecule has 0 fully saturated rings. The zero-order chi connectivity index (χ0) is 24.0. The molecule has 1 aromatic carbocycles. The lowest BCUT2D eigenvalue weighted by molar-refractivity contribution is -0.136. The van der Waals surface area contributed by atoms with Crippen molar-refractivity contribution in [3.63, 3.8) is 0 Å². The minimum Gasteiger partial charge on any atom is -0.466 e. The standard InChI is InChI=1S/C24H24N4O4S2/c1-27-15(18(22(30)32-3)19(25-23(27)31)13-8-5-4-6-9-13)12-33-24-26-20-17(21(29)28(24)2)14-10-7-11-16(14)34-20/h4-6,8-9,19H,7,10-12H2,1-3H3,(H,25,31). The third-order valence-corrected chi connectivity index (χ3v) is 8.59. The summed E-state index contributed by atoms with van der Waals surface area (Å²) in [4.78, 5) is 47.0. The predicted octanol–water partition coefficient (Wildman–Crippen LogP) is 3.40. The third kappa shape index (κ3) is 3.70. The number of amides is 2. The van der Waals surface area contributed by atoms with Crippen LogP contribution >= 0.6 is 23.1 Å². The molecule has 8 nitrogen and oxygen atoms in total. The number of urea groups is 1. The molecule has 2 aliphatic rings. The van der Waals surface area contributed by atoms with Crippen LogP contribution in [-0.2, 0) is 29.4 Å². The maximum absolute atomic E-state index is 13.1. The molecule has 2 amide bonds. The van der Waals surface area contributed by atoms with Crippen molar-refractivity contribution < 1.29 is 14.3 Å². The number of nitrogens with one attached hydrogen (secondary N) is 1. The molecule has 1 N–H and O–H groups in total. The Hall–Kier alpha value is -3.11. The highest BCUT2D eigenvalue weighted by Gasteiger charge is 2.36. The summed E-state index contributed by atoms with van der Waals surface area (Å²) in [7, 11) is 4.67. The second-order valence-corrected chi connectivity index (χ2v) is 10.3. The molecule has 0 spiro atoms. The molecule has 3 aromatic rings. The Morgan fingerprint density at radius 2 is 2.00 bits per heavy atom. The lowest BCUT2D eigenvalue weighted by Crippen LogP contribution is -2.47. The number of thioether (sulfide) groups is 1. The van der Waals surface area contributed by atoms with Crippen molar-refractivity contribution >= 4 is 45.3 Å². The van der Waals surface area contributed by atoms with Crippen LogP contribution in [0.2, 0.25) is 0 Å². The molecular formula is C24H24N4O4S2. The highest BCUT2D eigenvalue weighted by atomic mass is 32.2. The number of hydrogen-bond acceptors (Lipinski definition) is 7. The lowest BCUT2D eigenvalue weighted by Gasteiger charge is -2.34. The van der Waals surface area contributed by atoms with Gasteiger partial charge in [-0.1, -0.05) is 42.1 Å². The molecule has 2 aromatic heterocycles. The van der Waals surface area contributed by atoms with Crippen LogP contribution in [0.25, 0.3) is 10.2 Å². The van der Waals surface area contributed by atoms with Gasteiger partial charge in [0.1, 0.15) is 4.83 Å². The Bertz CT molecular complexity index is 1390. The summed E-state index contributed by atoms with van der Waals surface area (Å²) in [5.41, 5.74) is 2.77. The molecule has 176 valence electrons. The van der Waals surface area contributed by atoms with Gasteiger partial charge in [-0.15, -0.1) is 11.3 Å². The summed E-state index contributed by atoms with van der Waals surface area (Å²) in [5, 5.41) is 4.17. The molecular weight excluding hydrogens is 472 g/mol. The molecule has 5 rings (SSSR count). The van der Waals surface area contributed by atoms with E-state index in [1.807, 2.05) is 30.3 Å². The van der Waals surface area contributed by atoms with E-state index in [-0.39, 0.29) is 17.3 Å². The van der Waals surface area contributed by atoms with Gasteiger partial charge in [0.05, 0.1) is 24.1 Å². The highest BCUT2D eigenvalue weighted by molar-refractivity contribution is 7.99. The van der Waals surface area contributed by atoms with Gasteiger partial charge in [0.15, 0.2) is 5.16 Å². The van der Waals surface area contributed by atoms with Gasteiger partial charge in [0, 0.05) is 30.4 Å². The van der Waals surface area contributed by atoms with Crippen LogP contribution in [0.5, 0.6) is 0 Å². The second-order valence-electron chi connectivity index (χ2n) is 8.29. The maximum Gasteiger partial charge on any atom is 0.338 e. The van der Waals surface area contributed by atoms with E-state index < -0.39 is 12.0 Å². The van der Waals surface area contributed by atoms with Gasteiger partial charge < -0.3 is 10.1 Å². The number of carbonyl (C=O) groups excluding carboxylic acids is 2. The van der Waals surface area contributed by atoms with Gasteiger partial charge in [-0.2, -0.15) is 0 Å². The van der Waals surface area contributed by atoms with Gasteiger partial charge in [0.25, 0.3) is 5.56 Å². The number of carbonyl (C=O) groups is 2. The predicted molar refractivity (Wildman–Crippen MR) is 132 cm³/mol. The largest absolute Gasteiger partial charge is 0.466 e. The minimum atomic E-state index is -0.632. The molecule has 0 saturated carbocycles. The molecule has 34 heavy (non-hydrogen) atoms. The molecule has 1 unspecified atom stereocenters. The van der Waals surface area contributed by atoms with E-state index in [4.69, 9.17) is 9.72 Å². The van der Waals surface area contributed by atoms with Gasteiger partial charge in [0.2, 0.25) is 0 Å². The summed E-state index contributed by atoms with van der Waals surface area (Å²) in [5.74, 6) is -0.238. The van der Waals surface area contributed by atoms with E-state index in [0.29, 0.717) is 16.4 Å². The Morgan fingerprint density at radius 1 is 1.24 bits per heavy atom. The van der Waals surface area contributed by atoms with Crippen LogP contribution in [0.4, 0.5) is 4.79 Å². The zero-order valence-electron chi connectivity index (χ0n) is 19.1. The first-order chi connectivity index (χ1) is 16.4. The maximum atomic E-state index is 13.1. The van der Waals surface area contributed by atoms with E-state index >= 15 is 0 Å². The van der Waals surface area contributed by atoms with E-state index in [1.54, 1.807) is 30.0 Å². The van der Waals surface area contributed by atoms with Crippen molar-refractivity contribution in [1.82, 2.24) is 19.8 Å². The van der Waals surface area contributed by atoms with Crippen molar-refractivity contribution in [2.75, 3.05) is 19.9 Å². The second kappa shape index (κ2) is 8.92. The van der Waals surface area contributed by atoms with Crippen LogP contribution in [0, 0.1) is 0 Å². The summed E-state index contributed by atoms with van der Waals surface area (Å²) >= 11 is 2.92. The van der Waals surface area contributed by atoms with Crippen LogP contribution in [-0.4, -0.2) is 46.4 Å². The van der Waals surface area contributed by atoms with Crippen LogP contribution in [0.15, 0.2) is 51.6 Å². The number of rotatable bonds is 5. The van der Waals surface area contributed by atoms with Crippen LogP contribution in [0.1, 0.15) is 28.5 Å². The lowest BCUT2D eigenvalue weighted by atomic mass is 9.95. The molecule has 1 atom stereocenters. The van der Waals surface area contributed by atoms with E-state index in [1.165, 1.54) is 28.6 Å². The van der Waals surface area contributed by atoms with Crippen molar-refractivity contribution in [1.29, 1.82) is 0 Å². The first-order valence-electron chi connectivity index (χ1n) is 10.9. The van der Waals surface area contributed by atoms with Gasteiger partial charge in [-0.3, -0.25) is 14.3 Å². The first kappa shape index (κ1) is 22.7. The number of thiophene rings is 1. The number of aromatic nitrogens is 2. The quantitative estimate of drug-likeness (QED) is 0.331. The minimum absolute atomic E-state index is 0.0500. The smallest absolute Gasteiger partial charge is 0.338 e. The normalized spacial score (nSPS) is 17.8. The SMILES string of the molecule is COC(=O)C1=C(CSc2nc3sc4c(c3c(=O)n2C)CCC4)N(C)C(=O)NC1c1ccccc1. The number of aryl methyl sites for hydroxylation is 2. The average molecular weight is 497 g/mol. The Labute approximate surface area is 204 Å². The first-order valence-corrected chi connectivity index (χ1v) is 12.8. The molecule has 0 bridgehead atoms. The van der Waals surface area contributed by atoms with Crippen LogP contribution < -0.4 is 10.9 Å². The third-order valence-electron chi connectivity index (χ3n) is 6.36. The summed E-state index contributed by atoms with van der Waals surface area (Å²) in [6.45, 7) is 0. The topological polar surface area (TPSA) is 93.5 Å².